The molecule has 1 aliphatic carbocycles. The van der Waals surface area contributed by atoms with E-state index in [9.17, 15) is 4.79 Å². The number of nitrogens with one attached hydrogen (secondary N) is 1. The fraction of sp³-hybridized carbons (Fsp3) is 0.562. The molecule has 0 aromatic heterocycles. The Morgan fingerprint density at radius 3 is 2.67 bits per heavy atom. The van der Waals surface area contributed by atoms with Crippen LogP contribution in [0.25, 0.3) is 0 Å². The Morgan fingerprint density at radius 2 is 2.00 bits per heavy atom. The van der Waals surface area contributed by atoms with E-state index >= 15 is 0 Å². The maximum Gasteiger partial charge on any atom is 0.245 e. The predicted molar refractivity (Wildman–Crippen MR) is 86.4 cm³/mol. The number of anilines is 1. The van der Waals surface area contributed by atoms with Gasteiger partial charge in [-0.3, -0.25) is 4.79 Å². The van der Waals surface area contributed by atoms with Crippen LogP contribution < -0.4 is 15.8 Å². The number of rotatable bonds is 2. The summed E-state index contributed by atoms with van der Waals surface area (Å²) in [6, 6.07) is 3.19. The molecule has 1 aromatic carbocycles. The van der Waals surface area contributed by atoms with E-state index in [2.05, 4.69) is 35.1 Å². The second-order valence-electron chi connectivity index (χ2n) is 6.82. The van der Waals surface area contributed by atoms with E-state index < -0.39 is 6.04 Å². The number of benzene rings is 1. The molecular formula is C16H21BrN2O2. The molecule has 1 fully saturated rings. The number of fused-ring (bicyclic) bond motifs is 1. The van der Waals surface area contributed by atoms with E-state index in [0.717, 1.165) is 34.3 Å². The smallest absolute Gasteiger partial charge is 0.245 e. The Balaban J connectivity index is 1.76. The molecule has 1 unspecified atom stereocenters. The van der Waals surface area contributed by atoms with Gasteiger partial charge in [0.15, 0.2) is 0 Å². The van der Waals surface area contributed by atoms with Gasteiger partial charge in [0.2, 0.25) is 5.91 Å². The van der Waals surface area contributed by atoms with Crippen molar-refractivity contribution in [2.24, 2.45) is 11.1 Å². The average Bonchev–Trinajstić information content (AvgIpc) is 2.68. The fourth-order valence-electron chi connectivity index (χ4n) is 3.05. The first-order valence-corrected chi connectivity index (χ1v) is 8.21. The molecule has 0 bridgehead atoms. The number of carbonyl (C=O) groups excluding carboxylic acids is 1. The highest BCUT2D eigenvalue weighted by Crippen LogP contribution is 2.41. The number of hydrogen-bond acceptors (Lipinski definition) is 3. The first-order chi connectivity index (χ1) is 9.85. The van der Waals surface area contributed by atoms with Crippen LogP contribution in [0.15, 0.2) is 16.6 Å². The van der Waals surface area contributed by atoms with Gasteiger partial charge in [-0.2, -0.15) is 0 Å². The lowest BCUT2D eigenvalue weighted by Crippen LogP contribution is -2.28. The summed E-state index contributed by atoms with van der Waals surface area (Å²) in [7, 11) is 0. The van der Waals surface area contributed by atoms with Crippen LogP contribution in [0, 0.1) is 5.41 Å². The van der Waals surface area contributed by atoms with E-state index in [1.807, 2.05) is 12.1 Å². The Bertz CT molecular complexity index is 576. The molecular weight excluding hydrogens is 332 g/mol. The SMILES string of the molecule is CC1(C)CCC(Oc2cc3c(cc2Br)C(N)C(=O)N3)CC1. The summed E-state index contributed by atoms with van der Waals surface area (Å²) in [5.74, 6) is 0.626. The fourth-order valence-corrected chi connectivity index (χ4v) is 3.50. The minimum atomic E-state index is -0.583. The number of amides is 1. The van der Waals surface area contributed by atoms with E-state index in [1.54, 1.807) is 0 Å². The summed E-state index contributed by atoms with van der Waals surface area (Å²) >= 11 is 3.53. The Hall–Kier alpha value is -1.07. The first kappa shape index (κ1) is 14.9. The zero-order chi connectivity index (χ0) is 15.2. The zero-order valence-electron chi connectivity index (χ0n) is 12.4. The van der Waals surface area contributed by atoms with Crippen molar-refractivity contribution in [1.82, 2.24) is 0 Å². The van der Waals surface area contributed by atoms with E-state index in [-0.39, 0.29) is 12.0 Å². The molecule has 1 atom stereocenters. The molecule has 2 aliphatic rings. The van der Waals surface area contributed by atoms with Crippen molar-refractivity contribution < 1.29 is 9.53 Å². The van der Waals surface area contributed by atoms with Gasteiger partial charge in [-0.05, 0) is 53.1 Å². The van der Waals surface area contributed by atoms with Gasteiger partial charge in [-0.15, -0.1) is 0 Å². The standard InChI is InChI=1S/C16H21BrN2O2/c1-16(2)5-3-9(4-6-16)21-13-8-12-10(7-11(13)17)14(18)15(20)19-12/h7-9,14H,3-6,18H2,1-2H3,(H,19,20). The number of hydrogen-bond donors (Lipinski definition) is 2. The highest BCUT2D eigenvalue weighted by atomic mass is 79.9. The van der Waals surface area contributed by atoms with Gasteiger partial charge in [-0.25, -0.2) is 0 Å². The molecule has 1 saturated carbocycles. The second-order valence-corrected chi connectivity index (χ2v) is 7.67. The molecule has 1 amide bonds. The van der Waals surface area contributed by atoms with E-state index in [0.29, 0.717) is 5.41 Å². The highest BCUT2D eigenvalue weighted by molar-refractivity contribution is 9.10. The molecule has 21 heavy (non-hydrogen) atoms. The van der Waals surface area contributed by atoms with Crippen molar-refractivity contribution in [1.29, 1.82) is 0 Å². The van der Waals surface area contributed by atoms with Crippen LogP contribution in [-0.2, 0) is 4.79 Å². The monoisotopic (exact) mass is 352 g/mol. The number of halogens is 1. The van der Waals surface area contributed by atoms with Crippen molar-refractivity contribution in [3.05, 3.63) is 22.2 Å². The van der Waals surface area contributed by atoms with E-state index in [1.165, 1.54) is 12.8 Å². The third-order valence-electron chi connectivity index (χ3n) is 4.56. The number of ether oxygens (including phenoxy) is 1. The number of nitrogens with two attached hydrogens (primary N) is 1. The Labute approximate surface area is 133 Å². The minimum absolute atomic E-state index is 0.159. The van der Waals surface area contributed by atoms with Gasteiger partial charge in [0, 0.05) is 17.3 Å². The first-order valence-electron chi connectivity index (χ1n) is 7.42. The lowest BCUT2D eigenvalue weighted by Gasteiger charge is -2.34. The number of carbonyl (C=O) groups is 1. The summed E-state index contributed by atoms with van der Waals surface area (Å²) in [5.41, 5.74) is 7.86. The predicted octanol–water partition coefficient (Wildman–Crippen LogP) is 3.75. The summed E-state index contributed by atoms with van der Waals surface area (Å²) in [5, 5.41) is 2.80. The van der Waals surface area contributed by atoms with Crippen molar-refractivity contribution in [3.8, 4) is 5.75 Å². The molecule has 4 nitrogen and oxygen atoms in total. The maximum absolute atomic E-state index is 11.6. The lowest BCUT2D eigenvalue weighted by molar-refractivity contribution is -0.116. The van der Waals surface area contributed by atoms with Gasteiger partial charge in [0.1, 0.15) is 11.8 Å². The Morgan fingerprint density at radius 1 is 1.33 bits per heavy atom. The molecule has 0 saturated heterocycles. The maximum atomic E-state index is 11.6. The largest absolute Gasteiger partial charge is 0.489 e. The van der Waals surface area contributed by atoms with Gasteiger partial charge in [-0.1, -0.05) is 13.8 Å². The van der Waals surface area contributed by atoms with E-state index in [4.69, 9.17) is 10.5 Å². The quantitative estimate of drug-likeness (QED) is 0.851. The van der Waals surface area contributed by atoms with Crippen molar-refractivity contribution in [3.63, 3.8) is 0 Å². The highest BCUT2D eigenvalue weighted by Gasteiger charge is 2.31. The molecule has 1 heterocycles. The normalized spacial score (nSPS) is 24.6. The Kier molecular flexibility index (Phi) is 3.74. The van der Waals surface area contributed by atoms with Gasteiger partial charge < -0.3 is 15.8 Å². The minimum Gasteiger partial charge on any atom is -0.489 e. The van der Waals surface area contributed by atoms with Gasteiger partial charge in [0.05, 0.1) is 10.6 Å². The van der Waals surface area contributed by atoms with Crippen LogP contribution >= 0.6 is 15.9 Å². The summed E-state index contributed by atoms with van der Waals surface area (Å²) in [4.78, 5) is 11.6. The third-order valence-corrected chi connectivity index (χ3v) is 5.18. The topological polar surface area (TPSA) is 64.3 Å². The van der Waals surface area contributed by atoms with Crippen molar-refractivity contribution in [2.45, 2.75) is 51.7 Å². The van der Waals surface area contributed by atoms with Crippen molar-refractivity contribution >= 4 is 27.5 Å². The molecule has 0 radical (unpaired) electrons. The van der Waals surface area contributed by atoms with Crippen LogP contribution in [0.5, 0.6) is 5.75 Å². The molecule has 1 aromatic rings. The molecule has 3 N–H and O–H groups in total. The molecule has 1 aliphatic heterocycles. The molecule has 114 valence electrons. The second kappa shape index (κ2) is 5.29. The third kappa shape index (κ3) is 2.94. The van der Waals surface area contributed by atoms with Crippen molar-refractivity contribution in [2.75, 3.05) is 5.32 Å². The molecule has 3 rings (SSSR count). The van der Waals surface area contributed by atoms with Gasteiger partial charge >= 0.3 is 0 Å². The summed E-state index contributed by atoms with van der Waals surface area (Å²) < 4.78 is 7.00. The van der Waals surface area contributed by atoms with Crippen LogP contribution in [0.3, 0.4) is 0 Å². The van der Waals surface area contributed by atoms with Crippen LogP contribution in [0.4, 0.5) is 5.69 Å². The lowest BCUT2D eigenvalue weighted by atomic mass is 9.76. The van der Waals surface area contributed by atoms with Crippen LogP contribution in [0.1, 0.15) is 51.1 Å². The summed E-state index contributed by atoms with van der Waals surface area (Å²) in [6.07, 6.45) is 4.76. The zero-order valence-corrected chi connectivity index (χ0v) is 14.0. The molecule has 5 heteroatoms. The van der Waals surface area contributed by atoms with Crippen LogP contribution in [-0.4, -0.2) is 12.0 Å². The molecule has 0 spiro atoms. The van der Waals surface area contributed by atoms with Gasteiger partial charge in [0.25, 0.3) is 0 Å². The average molecular weight is 353 g/mol. The summed E-state index contributed by atoms with van der Waals surface area (Å²) in [6.45, 7) is 4.62. The van der Waals surface area contributed by atoms with Crippen LogP contribution in [0.2, 0.25) is 0 Å².